The molecule has 3 aromatic carbocycles. The fraction of sp³-hybridized carbons (Fsp3) is 0.394. The summed E-state index contributed by atoms with van der Waals surface area (Å²) in [5, 5.41) is 2.15. The molecule has 44 heavy (non-hydrogen) atoms. The van der Waals surface area contributed by atoms with Gasteiger partial charge in [-0.15, -0.1) is 0 Å². The topological polar surface area (TPSA) is 52.7 Å². The van der Waals surface area contributed by atoms with E-state index < -0.39 is 35.8 Å². The molecule has 11 heteroatoms. The number of halogens is 6. The van der Waals surface area contributed by atoms with Crippen LogP contribution in [0, 0.1) is 0 Å². The first kappa shape index (κ1) is 31.6. The molecule has 1 saturated heterocycles. The van der Waals surface area contributed by atoms with E-state index in [0.29, 0.717) is 68.7 Å². The lowest BCUT2D eigenvalue weighted by atomic mass is 9.73. The van der Waals surface area contributed by atoms with E-state index in [1.54, 1.807) is 17.0 Å². The first-order chi connectivity index (χ1) is 20.9. The van der Waals surface area contributed by atoms with Crippen molar-refractivity contribution in [2.75, 3.05) is 39.3 Å². The summed E-state index contributed by atoms with van der Waals surface area (Å²) in [6.07, 6.45) is -7.51. The van der Waals surface area contributed by atoms with Gasteiger partial charge in [0.2, 0.25) is 11.8 Å². The average molecular weight is 618 g/mol. The van der Waals surface area contributed by atoms with E-state index in [1.807, 2.05) is 36.4 Å². The van der Waals surface area contributed by atoms with Crippen molar-refractivity contribution in [2.24, 2.45) is 0 Å². The number of amides is 2. The highest BCUT2D eigenvalue weighted by molar-refractivity contribution is 6.00. The lowest BCUT2D eigenvalue weighted by Crippen LogP contribution is -2.49. The van der Waals surface area contributed by atoms with Crippen LogP contribution in [0.2, 0.25) is 0 Å². The van der Waals surface area contributed by atoms with Gasteiger partial charge >= 0.3 is 12.4 Å². The van der Waals surface area contributed by atoms with Crippen molar-refractivity contribution in [3.05, 3.63) is 95.1 Å². The highest BCUT2D eigenvalue weighted by Crippen LogP contribution is 2.51. The number of fused-ring (bicyclic) bond motifs is 3. The molecule has 1 heterocycles. The summed E-state index contributed by atoms with van der Waals surface area (Å²) in [5.41, 5.74) is 1.38. The Balaban J connectivity index is 1.19. The number of nitrogens with one attached hydrogen (secondary N) is 1. The Morgan fingerprint density at radius 2 is 1.39 bits per heavy atom. The molecule has 0 aromatic heterocycles. The van der Waals surface area contributed by atoms with E-state index in [0.717, 1.165) is 23.3 Å². The molecule has 1 N–H and O–H groups in total. The molecular formula is C33H33F6N3O2. The summed E-state index contributed by atoms with van der Waals surface area (Å²) in [7, 11) is 0. The quantitative estimate of drug-likeness (QED) is 0.230. The van der Waals surface area contributed by atoms with Gasteiger partial charge in [0.25, 0.3) is 0 Å². The molecule has 1 aliphatic carbocycles. The minimum atomic E-state index is -4.54. The zero-order valence-electron chi connectivity index (χ0n) is 24.0. The molecule has 0 unspecified atom stereocenters. The SMILES string of the molecule is O=C(Cc1cccc(C(F)(F)F)c1)N1CCN(CCCCC2(C(=O)NCC(F)(F)F)c3ccccc3-c3ccccc32)CC1. The summed E-state index contributed by atoms with van der Waals surface area (Å²) in [6, 6.07) is 19.5. The third-order valence-corrected chi connectivity index (χ3v) is 8.51. The number of carbonyl (C=O) groups excluding carboxylic acids is 2. The second kappa shape index (κ2) is 12.6. The van der Waals surface area contributed by atoms with Crippen molar-refractivity contribution in [1.82, 2.24) is 15.1 Å². The fourth-order valence-electron chi connectivity index (χ4n) is 6.37. The van der Waals surface area contributed by atoms with Crippen LogP contribution >= 0.6 is 0 Å². The van der Waals surface area contributed by atoms with Gasteiger partial charge in [0.05, 0.1) is 12.0 Å². The van der Waals surface area contributed by atoms with Gasteiger partial charge in [0.1, 0.15) is 12.0 Å². The Bertz CT molecular complexity index is 1450. The second-order valence-corrected chi connectivity index (χ2v) is 11.3. The molecular weight excluding hydrogens is 584 g/mol. The van der Waals surface area contributed by atoms with Gasteiger partial charge in [-0.3, -0.25) is 14.5 Å². The lowest BCUT2D eigenvalue weighted by Gasteiger charge is -2.35. The second-order valence-electron chi connectivity index (χ2n) is 11.3. The van der Waals surface area contributed by atoms with Crippen LogP contribution in [0.15, 0.2) is 72.8 Å². The molecule has 3 aromatic rings. The van der Waals surface area contributed by atoms with Gasteiger partial charge in [-0.1, -0.05) is 73.2 Å². The molecule has 1 fully saturated rings. The molecule has 234 valence electrons. The Morgan fingerprint density at radius 1 is 0.773 bits per heavy atom. The molecule has 5 nitrogen and oxygen atoms in total. The number of alkyl halides is 6. The zero-order chi connectivity index (χ0) is 31.5. The summed E-state index contributed by atoms with van der Waals surface area (Å²) in [4.78, 5) is 30.2. The highest BCUT2D eigenvalue weighted by Gasteiger charge is 2.49. The molecule has 0 bridgehead atoms. The van der Waals surface area contributed by atoms with Gasteiger partial charge in [-0.05, 0) is 53.3 Å². The van der Waals surface area contributed by atoms with Crippen LogP contribution in [0.5, 0.6) is 0 Å². The minimum absolute atomic E-state index is 0.106. The number of piperazine rings is 1. The minimum Gasteiger partial charge on any atom is -0.346 e. The maximum Gasteiger partial charge on any atom is 0.416 e. The van der Waals surface area contributed by atoms with Crippen LogP contribution in [0.4, 0.5) is 26.3 Å². The molecule has 0 radical (unpaired) electrons. The Morgan fingerprint density at radius 3 is 1.98 bits per heavy atom. The van der Waals surface area contributed by atoms with Crippen molar-refractivity contribution in [3.63, 3.8) is 0 Å². The Kier molecular flexibility index (Phi) is 9.06. The summed E-state index contributed by atoms with van der Waals surface area (Å²) in [6.45, 7) is 1.35. The first-order valence-corrected chi connectivity index (χ1v) is 14.6. The molecule has 0 saturated carbocycles. The number of benzene rings is 3. The number of carbonyl (C=O) groups is 2. The van der Waals surface area contributed by atoms with Gasteiger partial charge < -0.3 is 10.2 Å². The van der Waals surface area contributed by atoms with Crippen LogP contribution in [-0.4, -0.2) is 67.1 Å². The highest BCUT2D eigenvalue weighted by atomic mass is 19.4. The first-order valence-electron chi connectivity index (χ1n) is 14.6. The van der Waals surface area contributed by atoms with Gasteiger partial charge in [-0.25, -0.2) is 0 Å². The predicted molar refractivity (Wildman–Crippen MR) is 154 cm³/mol. The Labute approximate surface area is 251 Å². The van der Waals surface area contributed by atoms with Crippen molar-refractivity contribution >= 4 is 11.8 Å². The third kappa shape index (κ3) is 6.77. The maximum absolute atomic E-state index is 13.6. The van der Waals surface area contributed by atoms with Crippen molar-refractivity contribution in [1.29, 1.82) is 0 Å². The molecule has 5 rings (SSSR count). The summed E-state index contributed by atoms with van der Waals surface area (Å²) < 4.78 is 78.4. The monoisotopic (exact) mass is 617 g/mol. The van der Waals surface area contributed by atoms with E-state index in [4.69, 9.17) is 0 Å². The smallest absolute Gasteiger partial charge is 0.346 e. The van der Waals surface area contributed by atoms with Crippen molar-refractivity contribution < 1.29 is 35.9 Å². The van der Waals surface area contributed by atoms with Crippen LogP contribution in [0.1, 0.15) is 41.5 Å². The van der Waals surface area contributed by atoms with Crippen molar-refractivity contribution in [2.45, 2.75) is 43.5 Å². The molecule has 0 spiro atoms. The molecule has 2 aliphatic rings. The van der Waals surface area contributed by atoms with Gasteiger partial charge in [0.15, 0.2) is 0 Å². The number of rotatable bonds is 9. The van der Waals surface area contributed by atoms with Crippen LogP contribution in [-0.2, 0) is 27.6 Å². The van der Waals surface area contributed by atoms with Gasteiger partial charge in [0, 0.05) is 26.2 Å². The normalized spacial score (nSPS) is 16.4. The largest absolute Gasteiger partial charge is 0.416 e. The van der Waals surface area contributed by atoms with E-state index >= 15 is 0 Å². The number of nitrogens with zero attached hydrogens (tertiary/aromatic N) is 2. The zero-order valence-corrected chi connectivity index (χ0v) is 24.0. The van der Waals surface area contributed by atoms with Crippen LogP contribution in [0.25, 0.3) is 11.1 Å². The number of unbranched alkanes of at least 4 members (excludes halogenated alkanes) is 1. The summed E-state index contributed by atoms with van der Waals surface area (Å²) >= 11 is 0. The third-order valence-electron chi connectivity index (χ3n) is 8.51. The van der Waals surface area contributed by atoms with Crippen molar-refractivity contribution in [3.8, 4) is 11.1 Å². The van der Waals surface area contributed by atoms with Crippen LogP contribution in [0.3, 0.4) is 0 Å². The molecule has 2 amide bonds. The molecule has 1 aliphatic heterocycles. The van der Waals surface area contributed by atoms with E-state index in [9.17, 15) is 35.9 Å². The average Bonchev–Trinajstić information content (AvgIpc) is 3.28. The van der Waals surface area contributed by atoms with Crippen LogP contribution < -0.4 is 5.32 Å². The fourth-order valence-corrected chi connectivity index (χ4v) is 6.37. The van der Waals surface area contributed by atoms with Gasteiger partial charge in [-0.2, -0.15) is 26.3 Å². The maximum atomic E-state index is 13.6. The number of hydrogen-bond acceptors (Lipinski definition) is 3. The summed E-state index contributed by atoms with van der Waals surface area (Å²) in [5.74, 6) is -0.894. The van der Waals surface area contributed by atoms with E-state index in [2.05, 4.69) is 10.2 Å². The standard InChI is InChI=1S/C33H33F6N3O2/c34-32(35,36)22-40-30(44)31(27-12-3-1-10-25(27)26-11-2-4-13-28(26)31)14-5-6-15-41-16-18-42(19-17-41)29(43)21-23-8-7-9-24(20-23)33(37,38)39/h1-4,7-13,20H,5-6,14-19,21-22H2,(H,40,44). The lowest BCUT2D eigenvalue weighted by molar-refractivity contribution is -0.141. The van der Waals surface area contributed by atoms with E-state index in [1.165, 1.54) is 12.1 Å². The number of hydrogen-bond donors (Lipinski definition) is 1. The predicted octanol–water partition coefficient (Wildman–Crippen LogP) is 6.21. The Hall–Kier alpha value is -3.86. The molecule has 0 atom stereocenters. The van der Waals surface area contributed by atoms with E-state index in [-0.39, 0.29) is 12.3 Å².